The number of hydrogen-bond acceptors (Lipinski definition) is 5. The molecule has 0 saturated heterocycles. The summed E-state index contributed by atoms with van der Waals surface area (Å²) in [4.78, 5) is 9.19. The van der Waals surface area contributed by atoms with Crippen LogP contribution in [0, 0.1) is 0 Å². The van der Waals surface area contributed by atoms with E-state index >= 15 is 0 Å². The molecule has 4 N–H and O–H groups in total. The van der Waals surface area contributed by atoms with Gasteiger partial charge in [-0.2, -0.15) is 5.10 Å². The van der Waals surface area contributed by atoms with Crippen LogP contribution in [0.5, 0.6) is 0 Å². The van der Waals surface area contributed by atoms with Crippen LogP contribution in [0.15, 0.2) is 41.8 Å². The number of aliphatic hydroxyl groups excluding tert-OH is 1. The number of aromatic amines is 1. The molecule has 0 atom stereocenters. The Bertz CT molecular complexity index is 937. The smallest absolute Gasteiger partial charge is 0.144 e. The Morgan fingerprint density at radius 1 is 1.21 bits per heavy atom. The molecular formula is C17H17N5OS. The van der Waals surface area contributed by atoms with E-state index in [2.05, 4.69) is 21.1 Å². The van der Waals surface area contributed by atoms with Crippen molar-refractivity contribution in [3.8, 4) is 11.4 Å². The number of benzene rings is 1. The molecule has 0 radical (unpaired) electrons. The number of aliphatic hydroxyl groups is 1. The van der Waals surface area contributed by atoms with Crippen LogP contribution in [0.1, 0.15) is 10.6 Å². The van der Waals surface area contributed by atoms with E-state index in [1.54, 1.807) is 16.0 Å². The molecule has 6 nitrogen and oxygen atoms in total. The van der Waals surface area contributed by atoms with Crippen molar-refractivity contribution < 1.29 is 5.11 Å². The number of aromatic nitrogens is 4. The van der Waals surface area contributed by atoms with Crippen LogP contribution < -0.4 is 5.73 Å². The van der Waals surface area contributed by atoms with Crippen molar-refractivity contribution in [3.63, 3.8) is 0 Å². The number of rotatable bonds is 5. The summed E-state index contributed by atoms with van der Waals surface area (Å²) in [6.07, 6.45) is 0.687. The molecule has 0 aliphatic carbocycles. The molecule has 0 unspecified atom stereocenters. The van der Waals surface area contributed by atoms with Crippen LogP contribution in [0.3, 0.4) is 0 Å². The first-order valence-corrected chi connectivity index (χ1v) is 8.57. The van der Waals surface area contributed by atoms with E-state index in [9.17, 15) is 5.11 Å². The molecule has 0 saturated carbocycles. The fourth-order valence-electron chi connectivity index (χ4n) is 2.82. The zero-order chi connectivity index (χ0) is 16.5. The summed E-state index contributed by atoms with van der Waals surface area (Å²) >= 11 is 1.69. The molecule has 0 aliphatic rings. The van der Waals surface area contributed by atoms with Gasteiger partial charge in [0.1, 0.15) is 11.6 Å². The lowest BCUT2D eigenvalue weighted by Crippen LogP contribution is -2.08. The molecule has 122 valence electrons. The van der Waals surface area contributed by atoms with Crippen LogP contribution >= 0.6 is 11.3 Å². The monoisotopic (exact) mass is 339 g/mol. The van der Waals surface area contributed by atoms with Crippen molar-refractivity contribution in [3.05, 3.63) is 52.3 Å². The summed E-state index contributed by atoms with van der Waals surface area (Å²) in [6.45, 7) is 0.355. The minimum absolute atomic E-state index is 0.0100. The highest BCUT2D eigenvalue weighted by molar-refractivity contribution is 7.09. The normalized spacial score (nSPS) is 11.4. The third-order valence-corrected chi connectivity index (χ3v) is 4.80. The number of hydrogen-bond donors (Lipinski definition) is 3. The molecule has 7 heteroatoms. The highest BCUT2D eigenvalue weighted by Gasteiger charge is 2.20. The number of imidazole rings is 1. The first-order valence-electron chi connectivity index (χ1n) is 7.70. The number of para-hydroxylation sites is 2. The van der Waals surface area contributed by atoms with Crippen molar-refractivity contribution in [1.29, 1.82) is 0 Å². The molecular weight excluding hydrogens is 322 g/mol. The molecule has 0 fully saturated rings. The summed E-state index contributed by atoms with van der Waals surface area (Å²) in [6, 6.07) is 12.0. The van der Waals surface area contributed by atoms with Gasteiger partial charge in [0.25, 0.3) is 0 Å². The van der Waals surface area contributed by atoms with Crippen molar-refractivity contribution in [2.75, 3.05) is 12.3 Å². The number of nitrogens with one attached hydrogen (secondary N) is 1. The van der Waals surface area contributed by atoms with Crippen molar-refractivity contribution in [2.45, 2.75) is 13.0 Å². The van der Waals surface area contributed by atoms with Gasteiger partial charge in [0, 0.05) is 11.3 Å². The summed E-state index contributed by atoms with van der Waals surface area (Å²) in [5.41, 5.74) is 9.84. The predicted molar refractivity (Wildman–Crippen MR) is 95.9 cm³/mol. The molecule has 4 rings (SSSR count). The first-order chi connectivity index (χ1) is 11.8. The van der Waals surface area contributed by atoms with Crippen molar-refractivity contribution >= 4 is 28.2 Å². The number of fused-ring (bicyclic) bond motifs is 1. The van der Waals surface area contributed by atoms with Gasteiger partial charge in [-0.25, -0.2) is 9.67 Å². The highest BCUT2D eigenvalue weighted by atomic mass is 32.1. The second-order valence-electron chi connectivity index (χ2n) is 5.51. The van der Waals surface area contributed by atoms with Gasteiger partial charge < -0.3 is 15.8 Å². The number of nitrogens with zero attached hydrogens (tertiary/aromatic N) is 3. The maximum Gasteiger partial charge on any atom is 0.144 e. The van der Waals surface area contributed by atoms with Gasteiger partial charge in [-0.1, -0.05) is 18.2 Å². The lowest BCUT2D eigenvalue weighted by atomic mass is 10.1. The van der Waals surface area contributed by atoms with Crippen LogP contribution in [-0.4, -0.2) is 31.5 Å². The number of nitrogens with two attached hydrogens (primary N) is 1. The maximum atomic E-state index is 9.25. The number of nitrogen functional groups attached to an aromatic ring is 1. The summed E-state index contributed by atoms with van der Waals surface area (Å²) < 4.78 is 1.64. The van der Waals surface area contributed by atoms with Gasteiger partial charge in [0.05, 0.1) is 35.4 Å². The summed E-state index contributed by atoms with van der Waals surface area (Å²) in [5.74, 6) is 1.24. The number of thiophene rings is 1. The first kappa shape index (κ1) is 14.9. The van der Waals surface area contributed by atoms with Gasteiger partial charge >= 0.3 is 0 Å². The zero-order valence-electron chi connectivity index (χ0n) is 12.9. The van der Waals surface area contributed by atoms with Crippen LogP contribution in [-0.2, 0) is 13.0 Å². The van der Waals surface area contributed by atoms with E-state index in [0.29, 0.717) is 24.6 Å². The average molecular weight is 339 g/mol. The predicted octanol–water partition coefficient (Wildman–Crippen LogP) is 2.65. The van der Waals surface area contributed by atoms with Crippen molar-refractivity contribution in [1.82, 2.24) is 19.7 Å². The van der Waals surface area contributed by atoms with Gasteiger partial charge in [-0.3, -0.25) is 0 Å². The Balaban J connectivity index is 1.85. The Kier molecular flexibility index (Phi) is 3.79. The van der Waals surface area contributed by atoms with Crippen LogP contribution in [0.25, 0.3) is 22.4 Å². The highest BCUT2D eigenvalue weighted by Crippen LogP contribution is 2.31. The van der Waals surface area contributed by atoms with Gasteiger partial charge in [0.2, 0.25) is 0 Å². The lowest BCUT2D eigenvalue weighted by Gasteiger charge is -2.01. The third kappa shape index (κ3) is 2.57. The summed E-state index contributed by atoms with van der Waals surface area (Å²) in [7, 11) is 0. The van der Waals surface area contributed by atoms with E-state index in [-0.39, 0.29) is 6.61 Å². The fraction of sp³-hybridized carbons (Fsp3) is 0.176. The van der Waals surface area contributed by atoms with E-state index < -0.39 is 0 Å². The topological polar surface area (TPSA) is 92.8 Å². The SMILES string of the molecule is Nc1c(-c2nc3ccccc3[nH]2)c(Cc2cccs2)nn1CCO. The van der Waals surface area contributed by atoms with Gasteiger partial charge in [-0.05, 0) is 23.6 Å². The Morgan fingerprint density at radius 3 is 2.83 bits per heavy atom. The van der Waals surface area contributed by atoms with Crippen LogP contribution in [0.2, 0.25) is 0 Å². The number of anilines is 1. The molecule has 0 bridgehead atoms. The fourth-order valence-corrected chi connectivity index (χ4v) is 3.53. The van der Waals surface area contributed by atoms with Gasteiger partial charge in [-0.15, -0.1) is 11.3 Å². The minimum Gasteiger partial charge on any atom is -0.394 e. The van der Waals surface area contributed by atoms with E-state index in [1.807, 2.05) is 35.7 Å². The molecule has 1 aromatic carbocycles. The Morgan fingerprint density at radius 2 is 2.08 bits per heavy atom. The minimum atomic E-state index is -0.0100. The third-order valence-electron chi connectivity index (χ3n) is 3.92. The molecule has 24 heavy (non-hydrogen) atoms. The molecule has 0 amide bonds. The van der Waals surface area contributed by atoms with E-state index in [0.717, 1.165) is 22.3 Å². The van der Waals surface area contributed by atoms with Crippen molar-refractivity contribution in [2.24, 2.45) is 0 Å². The maximum absolute atomic E-state index is 9.25. The van der Waals surface area contributed by atoms with Crippen LogP contribution in [0.4, 0.5) is 5.82 Å². The average Bonchev–Trinajstić information content (AvgIpc) is 3.28. The molecule has 3 aromatic heterocycles. The Labute approximate surface area is 142 Å². The molecule has 4 aromatic rings. The second-order valence-corrected chi connectivity index (χ2v) is 6.54. The standard InChI is InChI=1S/C17H17N5OS/c18-16-15(17-19-12-5-1-2-6-13(12)20-17)14(21-22(16)7-8-23)10-11-4-3-9-24-11/h1-6,9,23H,7-8,10,18H2,(H,19,20). The quantitative estimate of drug-likeness (QED) is 0.521. The van der Waals surface area contributed by atoms with E-state index in [1.165, 1.54) is 4.88 Å². The lowest BCUT2D eigenvalue weighted by molar-refractivity contribution is 0.270. The number of H-pyrrole nitrogens is 1. The van der Waals surface area contributed by atoms with Gasteiger partial charge in [0.15, 0.2) is 0 Å². The Hall–Kier alpha value is -2.64. The molecule has 3 heterocycles. The molecule has 0 aliphatic heterocycles. The largest absolute Gasteiger partial charge is 0.394 e. The summed E-state index contributed by atoms with van der Waals surface area (Å²) in [5, 5.41) is 15.9. The van der Waals surface area contributed by atoms with E-state index in [4.69, 9.17) is 5.73 Å². The molecule has 0 spiro atoms. The zero-order valence-corrected chi connectivity index (χ0v) is 13.8. The second kappa shape index (κ2) is 6.10.